The van der Waals surface area contributed by atoms with Crippen molar-refractivity contribution >= 4 is 11.6 Å². The smallest absolute Gasteiger partial charge is 0.191 e. The minimum absolute atomic E-state index is 0.363. The highest BCUT2D eigenvalue weighted by molar-refractivity contribution is 5.79. The minimum Gasteiger partial charge on any atom is -0.378 e. The highest BCUT2D eigenvalue weighted by Crippen LogP contribution is 2.14. The van der Waals surface area contributed by atoms with Crippen molar-refractivity contribution in [2.45, 2.75) is 39.7 Å². The van der Waals surface area contributed by atoms with Gasteiger partial charge in [-0.05, 0) is 37.0 Å². The third-order valence-electron chi connectivity index (χ3n) is 4.06. The Morgan fingerprint density at radius 2 is 1.92 bits per heavy atom. The maximum absolute atomic E-state index is 5.34. The van der Waals surface area contributed by atoms with Gasteiger partial charge in [-0.15, -0.1) is 0 Å². The summed E-state index contributed by atoms with van der Waals surface area (Å²) < 4.78 is 5.34. The fourth-order valence-corrected chi connectivity index (χ4v) is 2.46. The van der Waals surface area contributed by atoms with E-state index in [0.717, 1.165) is 36.9 Å². The summed E-state index contributed by atoms with van der Waals surface area (Å²) in [7, 11) is 4.10. The Morgan fingerprint density at radius 3 is 2.50 bits per heavy atom. The Labute approximate surface area is 156 Å². The molecule has 2 N–H and O–H groups in total. The SMILES string of the molecule is CCNC(=NCc1cc(C(C)C)no1)NCCc1ccc(N(C)C)cc1. The minimum atomic E-state index is 0.363. The van der Waals surface area contributed by atoms with Gasteiger partial charge in [0.25, 0.3) is 0 Å². The van der Waals surface area contributed by atoms with Crippen LogP contribution in [0.15, 0.2) is 39.8 Å². The van der Waals surface area contributed by atoms with Crippen molar-refractivity contribution < 1.29 is 4.52 Å². The predicted octanol–water partition coefficient (Wildman–Crippen LogP) is 3.16. The molecule has 0 bridgehead atoms. The van der Waals surface area contributed by atoms with Gasteiger partial charge in [0, 0.05) is 38.9 Å². The molecule has 0 radical (unpaired) electrons. The summed E-state index contributed by atoms with van der Waals surface area (Å²) >= 11 is 0. The molecule has 6 heteroatoms. The highest BCUT2D eigenvalue weighted by atomic mass is 16.5. The van der Waals surface area contributed by atoms with Gasteiger partial charge in [0.2, 0.25) is 0 Å². The zero-order valence-corrected chi connectivity index (χ0v) is 16.5. The van der Waals surface area contributed by atoms with E-state index in [9.17, 15) is 0 Å². The zero-order chi connectivity index (χ0) is 18.9. The number of hydrogen-bond acceptors (Lipinski definition) is 4. The number of hydrogen-bond donors (Lipinski definition) is 2. The van der Waals surface area contributed by atoms with Crippen LogP contribution < -0.4 is 15.5 Å². The standard InChI is InChI=1S/C20H31N5O/c1-6-21-20(23-14-18-13-19(15(2)3)24-26-18)22-12-11-16-7-9-17(10-8-16)25(4)5/h7-10,13,15H,6,11-12,14H2,1-5H3,(H2,21,22,23). The highest BCUT2D eigenvalue weighted by Gasteiger charge is 2.07. The average Bonchev–Trinajstić information content (AvgIpc) is 3.09. The van der Waals surface area contributed by atoms with E-state index >= 15 is 0 Å². The Morgan fingerprint density at radius 1 is 1.19 bits per heavy atom. The second kappa shape index (κ2) is 9.85. The molecule has 2 rings (SSSR count). The number of benzene rings is 1. The number of guanidine groups is 1. The second-order valence-corrected chi connectivity index (χ2v) is 6.81. The Hall–Kier alpha value is -2.50. The lowest BCUT2D eigenvalue weighted by molar-refractivity contribution is 0.376. The second-order valence-electron chi connectivity index (χ2n) is 6.81. The Balaban J connectivity index is 1.86. The molecule has 6 nitrogen and oxygen atoms in total. The summed E-state index contributed by atoms with van der Waals surface area (Å²) in [4.78, 5) is 6.68. The molecule has 26 heavy (non-hydrogen) atoms. The monoisotopic (exact) mass is 357 g/mol. The van der Waals surface area contributed by atoms with E-state index < -0.39 is 0 Å². The summed E-state index contributed by atoms with van der Waals surface area (Å²) in [6.45, 7) is 8.37. The first-order chi connectivity index (χ1) is 12.5. The molecule has 0 aliphatic carbocycles. The van der Waals surface area contributed by atoms with Crippen LogP contribution in [0.2, 0.25) is 0 Å². The number of rotatable bonds is 8. The maximum Gasteiger partial charge on any atom is 0.191 e. The van der Waals surface area contributed by atoms with Crippen LogP contribution in [0.5, 0.6) is 0 Å². The molecule has 0 saturated carbocycles. The molecule has 0 fully saturated rings. The van der Waals surface area contributed by atoms with Gasteiger partial charge in [-0.1, -0.05) is 31.1 Å². The van der Waals surface area contributed by atoms with E-state index in [4.69, 9.17) is 4.52 Å². The van der Waals surface area contributed by atoms with Gasteiger partial charge >= 0.3 is 0 Å². The van der Waals surface area contributed by atoms with Crippen molar-refractivity contribution in [3.05, 3.63) is 47.3 Å². The van der Waals surface area contributed by atoms with E-state index in [2.05, 4.69) is 70.7 Å². The first-order valence-corrected chi connectivity index (χ1v) is 9.23. The Kier molecular flexibility index (Phi) is 7.51. The van der Waals surface area contributed by atoms with Crippen molar-refractivity contribution in [1.29, 1.82) is 0 Å². The summed E-state index contributed by atoms with van der Waals surface area (Å²) in [5, 5.41) is 10.7. The lowest BCUT2D eigenvalue weighted by atomic mass is 10.1. The first-order valence-electron chi connectivity index (χ1n) is 9.23. The molecule has 0 amide bonds. The third-order valence-corrected chi connectivity index (χ3v) is 4.06. The summed E-state index contributed by atoms with van der Waals surface area (Å²) in [5.41, 5.74) is 3.48. The zero-order valence-electron chi connectivity index (χ0n) is 16.5. The lowest BCUT2D eigenvalue weighted by Crippen LogP contribution is -2.38. The van der Waals surface area contributed by atoms with E-state index in [1.54, 1.807) is 0 Å². The average molecular weight is 358 g/mol. The van der Waals surface area contributed by atoms with Crippen LogP contribution >= 0.6 is 0 Å². The van der Waals surface area contributed by atoms with Crippen LogP contribution in [-0.4, -0.2) is 38.3 Å². The van der Waals surface area contributed by atoms with Crippen LogP contribution in [0.4, 0.5) is 5.69 Å². The van der Waals surface area contributed by atoms with Crippen molar-refractivity contribution in [3.8, 4) is 0 Å². The molecule has 0 saturated heterocycles. The number of nitrogens with zero attached hydrogens (tertiary/aromatic N) is 3. The molecular formula is C20H31N5O. The molecular weight excluding hydrogens is 326 g/mol. The third kappa shape index (κ3) is 6.10. The van der Waals surface area contributed by atoms with Gasteiger partial charge in [-0.25, -0.2) is 4.99 Å². The van der Waals surface area contributed by atoms with Crippen molar-refractivity contribution in [2.75, 3.05) is 32.1 Å². The molecule has 0 aliphatic rings. The molecule has 0 spiro atoms. The molecule has 1 aromatic heterocycles. The molecule has 0 atom stereocenters. The first kappa shape index (κ1) is 19.8. The molecule has 0 aliphatic heterocycles. The number of aromatic nitrogens is 1. The van der Waals surface area contributed by atoms with Gasteiger partial charge in [-0.3, -0.25) is 0 Å². The molecule has 0 unspecified atom stereocenters. The van der Waals surface area contributed by atoms with Crippen LogP contribution in [0, 0.1) is 0 Å². The van der Waals surface area contributed by atoms with Gasteiger partial charge in [-0.2, -0.15) is 0 Å². The maximum atomic E-state index is 5.34. The fraction of sp³-hybridized carbons (Fsp3) is 0.500. The van der Waals surface area contributed by atoms with E-state index in [-0.39, 0.29) is 0 Å². The summed E-state index contributed by atoms with van der Waals surface area (Å²) in [6, 6.07) is 10.6. The van der Waals surface area contributed by atoms with E-state index in [0.29, 0.717) is 12.5 Å². The largest absolute Gasteiger partial charge is 0.378 e. The predicted molar refractivity (Wildman–Crippen MR) is 108 cm³/mol. The number of aliphatic imine (C=N–C) groups is 1. The van der Waals surface area contributed by atoms with Crippen LogP contribution in [-0.2, 0) is 13.0 Å². The van der Waals surface area contributed by atoms with Crippen LogP contribution in [0.25, 0.3) is 0 Å². The van der Waals surface area contributed by atoms with Gasteiger partial charge in [0.15, 0.2) is 11.7 Å². The molecule has 1 aromatic carbocycles. The normalized spacial score (nSPS) is 11.7. The summed E-state index contributed by atoms with van der Waals surface area (Å²) in [6.07, 6.45) is 0.942. The fourth-order valence-electron chi connectivity index (χ4n) is 2.46. The topological polar surface area (TPSA) is 65.7 Å². The van der Waals surface area contributed by atoms with E-state index in [1.807, 2.05) is 20.2 Å². The van der Waals surface area contributed by atoms with Crippen LogP contribution in [0.1, 0.15) is 43.7 Å². The lowest BCUT2D eigenvalue weighted by Gasteiger charge is -2.13. The quantitative estimate of drug-likeness (QED) is 0.561. The van der Waals surface area contributed by atoms with Gasteiger partial charge in [0.05, 0.1) is 5.69 Å². The molecule has 1 heterocycles. The van der Waals surface area contributed by atoms with Crippen molar-refractivity contribution in [3.63, 3.8) is 0 Å². The van der Waals surface area contributed by atoms with Crippen LogP contribution in [0.3, 0.4) is 0 Å². The molecule has 142 valence electrons. The van der Waals surface area contributed by atoms with Gasteiger partial charge in [0.1, 0.15) is 6.54 Å². The number of nitrogens with one attached hydrogen (secondary N) is 2. The van der Waals surface area contributed by atoms with E-state index in [1.165, 1.54) is 11.3 Å². The summed E-state index contributed by atoms with van der Waals surface area (Å²) in [5.74, 6) is 1.94. The number of anilines is 1. The van der Waals surface area contributed by atoms with Crippen molar-refractivity contribution in [1.82, 2.24) is 15.8 Å². The van der Waals surface area contributed by atoms with Crippen molar-refractivity contribution in [2.24, 2.45) is 4.99 Å². The Bertz CT molecular complexity index is 688. The molecule has 2 aromatic rings. The van der Waals surface area contributed by atoms with Gasteiger partial charge < -0.3 is 20.1 Å².